The van der Waals surface area contributed by atoms with E-state index in [4.69, 9.17) is 20.7 Å². The molecule has 0 radical (unpaired) electrons. The molecular formula is C11H9Br2ClN2O4S. The minimum absolute atomic E-state index is 0.103. The van der Waals surface area contributed by atoms with Gasteiger partial charge in [-0.05, 0) is 44.0 Å². The van der Waals surface area contributed by atoms with Crippen molar-refractivity contribution in [2.75, 3.05) is 13.2 Å². The summed E-state index contributed by atoms with van der Waals surface area (Å²) in [7, 11) is 1.39. The van der Waals surface area contributed by atoms with Crippen LogP contribution >= 0.6 is 42.5 Å². The summed E-state index contributed by atoms with van der Waals surface area (Å²) in [5, 5.41) is 10.8. The van der Waals surface area contributed by atoms with E-state index in [0.717, 1.165) is 0 Å². The van der Waals surface area contributed by atoms with Crippen molar-refractivity contribution in [3.63, 3.8) is 0 Å². The van der Waals surface area contributed by atoms with Crippen molar-refractivity contribution in [1.29, 1.82) is 5.26 Å². The van der Waals surface area contributed by atoms with E-state index >= 15 is 0 Å². The molecule has 114 valence electrons. The highest BCUT2D eigenvalue weighted by atomic mass is 79.9. The summed E-state index contributed by atoms with van der Waals surface area (Å²) in [6.07, 6.45) is 0.210. The van der Waals surface area contributed by atoms with Crippen molar-refractivity contribution in [3.8, 4) is 11.8 Å². The third kappa shape index (κ3) is 5.82. The number of benzene rings is 1. The number of carbonyl (C=O) groups is 1. The molecule has 0 unspecified atom stereocenters. The summed E-state index contributed by atoms with van der Waals surface area (Å²) in [5.74, 6) is -0.118. The predicted molar refractivity (Wildman–Crippen MR) is 83.6 cm³/mol. The van der Waals surface area contributed by atoms with Gasteiger partial charge in [0.05, 0.1) is 26.3 Å². The third-order valence-electron chi connectivity index (χ3n) is 2.16. The molecule has 0 spiro atoms. The van der Waals surface area contributed by atoms with Gasteiger partial charge >= 0.3 is 0 Å². The van der Waals surface area contributed by atoms with Gasteiger partial charge in [-0.3, -0.25) is 4.79 Å². The van der Waals surface area contributed by atoms with Gasteiger partial charge in [-0.1, -0.05) is 0 Å². The monoisotopic (exact) mass is 458 g/mol. The average Bonchev–Trinajstić information content (AvgIpc) is 2.36. The molecule has 0 atom stereocenters. The third-order valence-corrected chi connectivity index (χ3v) is 4.67. The molecule has 6 nitrogen and oxygen atoms in total. The number of hydrogen-bond acceptors (Lipinski definition) is 5. The van der Waals surface area contributed by atoms with Gasteiger partial charge in [-0.25, -0.2) is 8.42 Å². The average molecular weight is 461 g/mol. The minimum atomic E-state index is -3.86. The lowest BCUT2D eigenvalue weighted by atomic mass is 10.3. The summed E-state index contributed by atoms with van der Waals surface area (Å²) in [4.78, 5) is 11.3. The van der Waals surface area contributed by atoms with Crippen molar-refractivity contribution < 1.29 is 17.9 Å². The predicted octanol–water partition coefficient (Wildman–Crippen LogP) is 2.55. The van der Waals surface area contributed by atoms with Gasteiger partial charge in [-0.2, -0.15) is 5.26 Å². The first-order valence-corrected chi connectivity index (χ1v) is 9.35. The Kier molecular flexibility index (Phi) is 6.93. The number of nitriles is 1. The van der Waals surface area contributed by atoms with Crippen LogP contribution in [0, 0.1) is 11.3 Å². The Morgan fingerprint density at radius 2 is 1.95 bits per heavy atom. The molecule has 0 fully saturated rings. The van der Waals surface area contributed by atoms with Crippen molar-refractivity contribution in [2.24, 2.45) is 0 Å². The molecule has 0 aliphatic heterocycles. The van der Waals surface area contributed by atoms with E-state index < -0.39 is 15.0 Å². The minimum Gasteiger partial charge on any atom is -0.481 e. The van der Waals surface area contributed by atoms with Gasteiger partial charge in [0, 0.05) is 17.2 Å². The lowest BCUT2D eigenvalue weighted by Gasteiger charge is -2.11. The zero-order valence-corrected chi connectivity index (χ0v) is 15.1. The highest BCUT2D eigenvalue weighted by Gasteiger charge is 2.17. The van der Waals surface area contributed by atoms with Crippen LogP contribution in [0.15, 0.2) is 26.0 Å². The van der Waals surface area contributed by atoms with E-state index in [9.17, 15) is 13.2 Å². The topological polar surface area (TPSA) is 96.3 Å². The van der Waals surface area contributed by atoms with Gasteiger partial charge in [0.15, 0.2) is 6.61 Å². The van der Waals surface area contributed by atoms with E-state index in [0.29, 0.717) is 8.95 Å². The van der Waals surface area contributed by atoms with Crippen molar-refractivity contribution in [2.45, 2.75) is 11.3 Å². The molecule has 0 aliphatic rings. The Bertz CT molecular complexity index is 665. The molecule has 0 aliphatic carbocycles. The quantitative estimate of drug-likeness (QED) is 0.520. The Morgan fingerprint density at radius 1 is 1.38 bits per heavy atom. The fraction of sp³-hybridized carbons (Fsp3) is 0.273. The number of nitrogens with one attached hydrogen (secondary N) is 1. The van der Waals surface area contributed by atoms with E-state index in [1.807, 2.05) is 6.07 Å². The van der Waals surface area contributed by atoms with Gasteiger partial charge in [0.2, 0.25) is 0 Å². The van der Waals surface area contributed by atoms with Crippen LogP contribution in [0.4, 0.5) is 0 Å². The number of rotatable bonds is 6. The lowest BCUT2D eigenvalue weighted by Crippen LogP contribution is -2.29. The van der Waals surface area contributed by atoms with Crippen molar-refractivity contribution in [3.05, 3.63) is 21.1 Å². The maximum Gasteiger partial charge on any atom is 0.261 e. The molecule has 1 aromatic carbocycles. The van der Waals surface area contributed by atoms with Crippen LogP contribution in [0.1, 0.15) is 6.42 Å². The Hall–Kier alpha value is -0.820. The van der Waals surface area contributed by atoms with E-state index in [1.54, 1.807) is 0 Å². The summed E-state index contributed by atoms with van der Waals surface area (Å²) in [6, 6.07) is 4.44. The molecule has 0 saturated carbocycles. The highest BCUT2D eigenvalue weighted by Crippen LogP contribution is 2.36. The summed E-state index contributed by atoms with van der Waals surface area (Å²) in [5.41, 5.74) is 0. The second-order valence-electron chi connectivity index (χ2n) is 3.70. The standard InChI is InChI=1S/C11H9Br2ClN2O4S/c12-8-4-7(21(14,18)19)5-9(13)11(8)20-6-10(17)16-3-1-2-15/h4-5H,1,3,6H2,(H,16,17). The first-order chi connectivity index (χ1) is 9.75. The smallest absolute Gasteiger partial charge is 0.261 e. The Balaban J connectivity index is 2.77. The zero-order chi connectivity index (χ0) is 16.0. The van der Waals surface area contributed by atoms with Crippen molar-refractivity contribution in [1.82, 2.24) is 5.32 Å². The van der Waals surface area contributed by atoms with Crippen LogP contribution in [0.2, 0.25) is 0 Å². The van der Waals surface area contributed by atoms with Gasteiger partial charge < -0.3 is 10.1 Å². The normalized spacial score (nSPS) is 10.8. The largest absolute Gasteiger partial charge is 0.481 e. The van der Waals surface area contributed by atoms with Gasteiger partial charge in [-0.15, -0.1) is 0 Å². The molecule has 1 N–H and O–H groups in total. The maximum atomic E-state index is 11.4. The van der Waals surface area contributed by atoms with E-state index in [-0.39, 0.29) is 30.2 Å². The van der Waals surface area contributed by atoms with Crippen LogP contribution in [-0.2, 0) is 13.8 Å². The maximum absolute atomic E-state index is 11.4. The van der Waals surface area contributed by atoms with Gasteiger partial charge in [0.1, 0.15) is 5.75 Å². The molecule has 0 saturated heterocycles. The summed E-state index contributed by atoms with van der Waals surface area (Å²) >= 11 is 6.30. The molecule has 0 bridgehead atoms. The van der Waals surface area contributed by atoms with E-state index in [2.05, 4.69) is 37.2 Å². The second-order valence-corrected chi connectivity index (χ2v) is 7.98. The fourth-order valence-electron chi connectivity index (χ4n) is 1.26. The van der Waals surface area contributed by atoms with E-state index in [1.165, 1.54) is 12.1 Å². The molecule has 0 heterocycles. The van der Waals surface area contributed by atoms with Crippen LogP contribution < -0.4 is 10.1 Å². The number of ether oxygens (including phenoxy) is 1. The van der Waals surface area contributed by atoms with Crippen molar-refractivity contribution >= 4 is 57.5 Å². The van der Waals surface area contributed by atoms with Crippen LogP contribution in [0.5, 0.6) is 5.75 Å². The second kappa shape index (κ2) is 7.98. The van der Waals surface area contributed by atoms with Crippen LogP contribution in [-0.4, -0.2) is 27.5 Å². The summed E-state index contributed by atoms with van der Waals surface area (Å²) in [6.45, 7) is -0.0277. The molecule has 10 heteroatoms. The molecule has 0 aromatic heterocycles. The van der Waals surface area contributed by atoms with Gasteiger partial charge in [0.25, 0.3) is 15.0 Å². The number of carbonyl (C=O) groups excluding carboxylic acids is 1. The number of halogens is 3. The summed E-state index contributed by atoms with van der Waals surface area (Å²) < 4.78 is 28.5. The number of nitrogens with zero attached hydrogens (tertiary/aromatic N) is 1. The molecule has 1 rings (SSSR count). The molecular weight excluding hydrogens is 451 g/mol. The molecule has 21 heavy (non-hydrogen) atoms. The Labute approximate surface area is 143 Å². The Morgan fingerprint density at radius 3 is 2.43 bits per heavy atom. The first kappa shape index (κ1) is 18.2. The molecule has 1 aromatic rings. The number of amides is 1. The fourth-order valence-corrected chi connectivity index (χ4v) is 3.76. The zero-order valence-electron chi connectivity index (χ0n) is 10.4. The lowest BCUT2D eigenvalue weighted by molar-refractivity contribution is -0.123. The van der Waals surface area contributed by atoms with Crippen LogP contribution in [0.25, 0.3) is 0 Å². The van der Waals surface area contributed by atoms with Crippen LogP contribution in [0.3, 0.4) is 0 Å². The first-order valence-electron chi connectivity index (χ1n) is 5.46. The number of hydrogen-bond donors (Lipinski definition) is 1. The molecule has 1 amide bonds. The highest BCUT2D eigenvalue weighted by molar-refractivity contribution is 9.11. The SMILES string of the molecule is N#CCCNC(=O)COc1c(Br)cc(S(=O)(=O)Cl)cc1Br.